The van der Waals surface area contributed by atoms with Gasteiger partial charge >= 0.3 is 0 Å². The van der Waals surface area contributed by atoms with Crippen molar-refractivity contribution in [3.63, 3.8) is 0 Å². The van der Waals surface area contributed by atoms with Gasteiger partial charge in [-0.15, -0.1) is 10.2 Å². The van der Waals surface area contributed by atoms with Gasteiger partial charge in [-0.1, -0.05) is 0 Å². The monoisotopic (exact) mass is 304 g/mol. The van der Waals surface area contributed by atoms with E-state index in [-0.39, 0.29) is 23.1 Å². The van der Waals surface area contributed by atoms with Crippen LogP contribution in [0.25, 0.3) is 0 Å². The molecule has 0 aliphatic heterocycles. The second-order valence-corrected chi connectivity index (χ2v) is 5.60. The normalized spacial score (nSPS) is 16.8. The van der Waals surface area contributed by atoms with Gasteiger partial charge in [-0.05, 0) is 25.0 Å². The van der Waals surface area contributed by atoms with Gasteiger partial charge in [-0.25, -0.2) is 0 Å². The van der Waals surface area contributed by atoms with E-state index in [1.165, 1.54) is 12.1 Å². The maximum atomic E-state index is 11.6. The predicted molar refractivity (Wildman–Crippen MR) is 69.9 cm³/mol. The van der Waals surface area contributed by atoms with Gasteiger partial charge in [0.25, 0.3) is 16.0 Å². The molecule has 8 nitrogen and oxygen atoms in total. The summed E-state index contributed by atoms with van der Waals surface area (Å²) >= 11 is 0. The van der Waals surface area contributed by atoms with Crippen molar-refractivity contribution in [2.24, 2.45) is 5.92 Å². The average molecular weight is 304 g/mol. The fourth-order valence-corrected chi connectivity index (χ4v) is 1.20. The van der Waals surface area contributed by atoms with Gasteiger partial charge in [0.15, 0.2) is 11.5 Å². The Balaban J connectivity index is 0.000000463. The second-order valence-electron chi connectivity index (χ2n) is 4.13. The first-order chi connectivity index (χ1) is 10.4. The first kappa shape index (κ1) is 11.9. The number of aromatic nitrogens is 2. The molecule has 0 spiro atoms. The van der Waals surface area contributed by atoms with Crippen LogP contribution >= 0.6 is 0 Å². The molecule has 1 fully saturated rings. The van der Waals surface area contributed by atoms with Crippen molar-refractivity contribution < 1.29 is 26.7 Å². The summed E-state index contributed by atoms with van der Waals surface area (Å²) in [7, 11) is -3.67. The Kier molecular flexibility index (Phi) is 3.89. The molecule has 1 aliphatic carbocycles. The zero-order chi connectivity index (χ0) is 17.8. The molecule has 1 aromatic rings. The Labute approximate surface area is 120 Å². The van der Waals surface area contributed by atoms with Crippen molar-refractivity contribution in [2.45, 2.75) is 12.8 Å². The highest BCUT2D eigenvalue weighted by Gasteiger charge is 2.31. The summed E-state index contributed by atoms with van der Waals surface area (Å²) in [4.78, 5) is 23.1. The predicted octanol–water partition coefficient (Wildman–Crippen LogP) is -0.0671. The van der Waals surface area contributed by atoms with Crippen molar-refractivity contribution in [2.75, 3.05) is 13.2 Å². The van der Waals surface area contributed by atoms with Gasteiger partial charge in [0.05, 0.1) is 6.26 Å². The van der Waals surface area contributed by atoms with Gasteiger partial charge < -0.3 is 5.32 Å². The van der Waals surface area contributed by atoms with Crippen molar-refractivity contribution >= 4 is 21.8 Å². The molecular formula is C11H15N3O5S. The lowest BCUT2D eigenvalue weighted by Crippen LogP contribution is -2.20. The summed E-state index contributed by atoms with van der Waals surface area (Å²) < 4.78 is 46.5. The fourth-order valence-electron chi connectivity index (χ4n) is 1.20. The number of ketones is 1. The molecule has 0 atom stereocenters. The van der Waals surface area contributed by atoms with Gasteiger partial charge in [-0.3, -0.25) is 14.1 Å². The minimum absolute atomic E-state index is 0.0290. The van der Waals surface area contributed by atoms with Crippen LogP contribution in [0.5, 0.6) is 0 Å². The highest BCUT2D eigenvalue weighted by atomic mass is 32.2. The third-order valence-corrected chi connectivity index (χ3v) is 2.21. The molecule has 0 radical (unpaired) electrons. The van der Waals surface area contributed by atoms with Crippen LogP contribution in [-0.4, -0.2) is 48.1 Å². The molecule has 0 bridgehead atoms. The molecule has 1 aromatic heterocycles. The topological polar surface area (TPSA) is 126 Å². The number of nitrogens with zero attached hydrogens (tertiary/aromatic N) is 2. The van der Waals surface area contributed by atoms with Gasteiger partial charge in [0.1, 0.15) is 5.69 Å². The molecule has 2 N–H and O–H groups in total. The van der Waals surface area contributed by atoms with Crippen LogP contribution in [0.2, 0.25) is 0 Å². The summed E-state index contributed by atoms with van der Waals surface area (Å²) in [5, 5.41) is 9.00. The quantitative estimate of drug-likeness (QED) is 0.591. The van der Waals surface area contributed by atoms with Gasteiger partial charge in [-0.2, -0.15) is 8.42 Å². The Morgan fingerprint density at radius 3 is 2.25 bits per heavy atom. The Bertz CT molecular complexity index is 676. The zero-order valence-corrected chi connectivity index (χ0v) is 11.3. The summed E-state index contributed by atoms with van der Waals surface area (Å²) in [5.74, 6) is -0.889. The number of Topliss-reactive ketones (excluding diaryl/α,β-unsaturated/α-hetero) is 1. The number of rotatable bonds is 3. The van der Waals surface area contributed by atoms with Crippen molar-refractivity contribution in [3.8, 4) is 0 Å². The first-order valence-corrected chi connectivity index (χ1v) is 7.34. The highest BCUT2D eigenvalue weighted by molar-refractivity contribution is 7.85. The average Bonchev–Trinajstić information content (AvgIpc) is 3.18. The smallest absolute Gasteiger partial charge is 0.271 e. The van der Waals surface area contributed by atoms with Crippen LogP contribution in [0.15, 0.2) is 12.1 Å². The van der Waals surface area contributed by atoms with E-state index in [4.69, 9.17) is 8.67 Å². The highest BCUT2D eigenvalue weighted by Crippen LogP contribution is 2.31. The van der Waals surface area contributed by atoms with Crippen LogP contribution in [0.3, 0.4) is 0 Å². The third kappa shape index (κ3) is 5.85. The molecule has 0 saturated heterocycles. The summed E-state index contributed by atoms with van der Waals surface area (Å²) in [6.45, 7) is -2.57. The molecule has 1 amide bonds. The van der Waals surface area contributed by atoms with Crippen LogP contribution in [0.1, 0.15) is 37.9 Å². The van der Waals surface area contributed by atoms with E-state index in [9.17, 15) is 18.0 Å². The van der Waals surface area contributed by atoms with E-state index in [1.807, 2.05) is 0 Å². The summed E-state index contributed by atoms with van der Waals surface area (Å²) in [6, 6.07) is 2.69. The molecule has 110 valence electrons. The van der Waals surface area contributed by atoms with Crippen LogP contribution in [-0.2, 0) is 10.1 Å². The molecule has 20 heavy (non-hydrogen) atoms. The lowest BCUT2D eigenvalue weighted by Gasteiger charge is -1.99. The van der Waals surface area contributed by atoms with Crippen LogP contribution in [0.4, 0.5) is 0 Å². The minimum Gasteiger partial charge on any atom is -0.354 e. The van der Waals surface area contributed by atoms with Gasteiger partial charge in [0, 0.05) is 17.0 Å². The van der Waals surface area contributed by atoms with E-state index in [2.05, 4.69) is 10.2 Å². The van der Waals surface area contributed by atoms with Gasteiger partial charge in [0.2, 0.25) is 0 Å². The third-order valence-electron chi connectivity index (χ3n) is 2.21. The number of hydrogen-bond donors (Lipinski definition) is 2. The number of carbonyl (C=O) groups is 2. The van der Waals surface area contributed by atoms with E-state index in [0.29, 0.717) is 6.26 Å². The molecule has 0 aromatic carbocycles. The SMILES string of the molecule is CS(=O)(=O)O.[2H]C([2H])([2H])NC(=O)c1ccc(C(=O)C2CC2)nn1. The Hall–Kier alpha value is -1.87. The molecule has 1 heterocycles. The van der Waals surface area contributed by atoms with E-state index < -0.39 is 23.0 Å². The lowest BCUT2D eigenvalue weighted by molar-refractivity contribution is 0.0944. The Morgan fingerprint density at radius 2 is 1.85 bits per heavy atom. The van der Waals surface area contributed by atoms with Crippen LogP contribution in [0, 0.1) is 5.92 Å². The standard InChI is InChI=1S/C10H11N3O2.CH4O3S/c1-11-10(15)8-5-4-7(12-13-8)9(14)6-2-3-6;1-5(2,3)4/h4-6H,2-3H2,1H3,(H,11,15);1H3,(H,2,3,4)/i1D3;. The minimum atomic E-state index is -3.67. The largest absolute Gasteiger partial charge is 0.354 e. The molecule has 9 heteroatoms. The zero-order valence-electron chi connectivity index (χ0n) is 13.5. The molecular weight excluding hydrogens is 286 g/mol. The number of amides is 1. The second kappa shape index (κ2) is 6.53. The number of nitrogens with one attached hydrogen (secondary N) is 1. The van der Waals surface area contributed by atoms with Crippen LogP contribution < -0.4 is 5.32 Å². The number of hydrogen-bond acceptors (Lipinski definition) is 6. The maximum absolute atomic E-state index is 11.6. The first-order valence-electron chi connectivity index (χ1n) is 7.00. The van der Waals surface area contributed by atoms with Crippen molar-refractivity contribution in [1.82, 2.24) is 15.5 Å². The molecule has 1 aliphatic rings. The fraction of sp³-hybridized carbons (Fsp3) is 0.455. The van der Waals surface area contributed by atoms with E-state index in [1.54, 1.807) is 5.32 Å². The number of carbonyl (C=O) groups excluding carboxylic acids is 2. The van der Waals surface area contributed by atoms with Crippen molar-refractivity contribution in [1.29, 1.82) is 0 Å². The Morgan fingerprint density at radius 1 is 1.35 bits per heavy atom. The lowest BCUT2D eigenvalue weighted by atomic mass is 10.2. The molecule has 2 rings (SSSR count). The summed E-state index contributed by atoms with van der Waals surface area (Å²) in [6.07, 6.45) is 2.44. The van der Waals surface area contributed by atoms with Crippen molar-refractivity contribution in [3.05, 3.63) is 23.5 Å². The molecule has 0 unspecified atom stereocenters. The molecule has 1 saturated carbocycles. The van der Waals surface area contributed by atoms with E-state index >= 15 is 0 Å². The summed E-state index contributed by atoms with van der Waals surface area (Å²) in [5.41, 5.74) is 0.0846. The maximum Gasteiger partial charge on any atom is 0.271 e. The van der Waals surface area contributed by atoms with E-state index in [0.717, 1.165) is 12.8 Å².